The van der Waals surface area contributed by atoms with Crippen LogP contribution in [0.25, 0.3) is 11.0 Å². The second-order valence-corrected chi connectivity index (χ2v) is 8.07. The SMILES string of the molecule is Cc1ccccc1Nc1nc2ccc(CC(=O)Nc3ccc(C(C)CC(=O)O)nc3)cc2[nH]1. The lowest BCUT2D eigenvalue weighted by atomic mass is 10.0. The van der Waals surface area contributed by atoms with E-state index < -0.39 is 5.97 Å². The standard InChI is InChI=1S/C25H25N5O3/c1-15-5-3-4-6-20(15)28-25-29-21-9-7-17(12-22(21)30-25)13-23(31)27-18-8-10-19(26-14-18)16(2)11-24(32)33/h3-10,12,14,16H,11,13H2,1-2H3,(H,27,31)(H,32,33)(H2,28,29,30). The number of rotatable bonds is 8. The van der Waals surface area contributed by atoms with E-state index in [2.05, 4.69) is 25.6 Å². The van der Waals surface area contributed by atoms with E-state index in [0.717, 1.165) is 27.8 Å². The van der Waals surface area contributed by atoms with E-state index in [-0.39, 0.29) is 24.7 Å². The van der Waals surface area contributed by atoms with Crippen LogP contribution in [0.5, 0.6) is 0 Å². The lowest BCUT2D eigenvalue weighted by Gasteiger charge is -2.10. The summed E-state index contributed by atoms with van der Waals surface area (Å²) in [5, 5.41) is 15.0. The summed E-state index contributed by atoms with van der Waals surface area (Å²) in [6.07, 6.45) is 1.76. The summed E-state index contributed by atoms with van der Waals surface area (Å²) in [6, 6.07) is 17.1. The lowest BCUT2D eigenvalue weighted by molar-refractivity contribution is -0.137. The van der Waals surface area contributed by atoms with Crippen molar-refractivity contribution >= 4 is 40.2 Å². The third-order valence-electron chi connectivity index (χ3n) is 5.36. The number of carboxylic acids is 1. The van der Waals surface area contributed by atoms with Gasteiger partial charge in [0.15, 0.2) is 0 Å². The normalized spacial score (nSPS) is 11.8. The number of aryl methyl sites for hydroxylation is 1. The molecule has 2 aromatic carbocycles. The van der Waals surface area contributed by atoms with E-state index >= 15 is 0 Å². The van der Waals surface area contributed by atoms with Gasteiger partial charge in [0, 0.05) is 17.3 Å². The Morgan fingerprint density at radius 3 is 2.67 bits per heavy atom. The predicted molar refractivity (Wildman–Crippen MR) is 128 cm³/mol. The molecule has 4 rings (SSSR count). The Balaban J connectivity index is 1.39. The topological polar surface area (TPSA) is 120 Å². The molecular weight excluding hydrogens is 418 g/mol. The number of aromatic amines is 1. The molecule has 0 fully saturated rings. The Hall–Kier alpha value is -4.20. The third kappa shape index (κ3) is 5.54. The molecule has 8 nitrogen and oxygen atoms in total. The van der Waals surface area contributed by atoms with Crippen molar-refractivity contribution in [3.8, 4) is 0 Å². The highest BCUT2D eigenvalue weighted by Gasteiger charge is 2.12. The van der Waals surface area contributed by atoms with Gasteiger partial charge >= 0.3 is 5.97 Å². The highest BCUT2D eigenvalue weighted by molar-refractivity contribution is 5.92. The number of aliphatic carboxylic acids is 1. The molecule has 0 aliphatic carbocycles. The van der Waals surface area contributed by atoms with Crippen molar-refractivity contribution in [1.29, 1.82) is 0 Å². The monoisotopic (exact) mass is 443 g/mol. The maximum absolute atomic E-state index is 12.5. The second-order valence-electron chi connectivity index (χ2n) is 8.07. The van der Waals surface area contributed by atoms with Crippen molar-refractivity contribution in [1.82, 2.24) is 15.0 Å². The van der Waals surface area contributed by atoms with Gasteiger partial charge in [0.1, 0.15) is 0 Å². The van der Waals surface area contributed by atoms with Gasteiger partial charge in [-0.3, -0.25) is 14.6 Å². The fraction of sp³-hybridized carbons (Fsp3) is 0.200. The van der Waals surface area contributed by atoms with E-state index in [0.29, 0.717) is 17.3 Å². The van der Waals surface area contributed by atoms with Gasteiger partial charge < -0.3 is 20.7 Å². The summed E-state index contributed by atoms with van der Waals surface area (Å²) >= 11 is 0. The number of hydrogen-bond donors (Lipinski definition) is 4. The molecule has 0 saturated heterocycles. The molecule has 168 valence electrons. The lowest BCUT2D eigenvalue weighted by Crippen LogP contribution is -2.14. The minimum Gasteiger partial charge on any atom is -0.481 e. The number of H-pyrrole nitrogens is 1. The van der Waals surface area contributed by atoms with E-state index in [1.54, 1.807) is 18.3 Å². The van der Waals surface area contributed by atoms with Gasteiger partial charge in [-0.05, 0) is 48.4 Å². The third-order valence-corrected chi connectivity index (χ3v) is 5.36. The number of para-hydroxylation sites is 1. The molecule has 0 aliphatic rings. The highest BCUT2D eigenvalue weighted by atomic mass is 16.4. The second kappa shape index (κ2) is 9.52. The van der Waals surface area contributed by atoms with Gasteiger partial charge in [0.05, 0.1) is 35.8 Å². The van der Waals surface area contributed by atoms with E-state index in [1.807, 2.05) is 56.3 Å². The van der Waals surface area contributed by atoms with Gasteiger partial charge in [-0.2, -0.15) is 0 Å². The van der Waals surface area contributed by atoms with Crippen molar-refractivity contribution < 1.29 is 14.7 Å². The molecule has 4 aromatic rings. The number of nitrogens with zero attached hydrogens (tertiary/aromatic N) is 2. The van der Waals surface area contributed by atoms with Crippen molar-refractivity contribution in [3.05, 3.63) is 77.6 Å². The van der Waals surface area contributed by atoms with Gasteiger partial charge in [0.25, 0.3) is 0 Å². The Labute approximate surface area is 191 Å². The molecular formula is C25H25N5O3. The maximum Gasteiger partial charge on any atom is 0.304 e. The fourth-order valence-electron chi connectivity index (χ4n) is 3.59. The molecule has 2 aromatic heterocycles. The average Bonchev–Trinajstić information content (AvgIpc) is 3.17. The van der Waals surface area contributed by atoms with Crippen LogP contribution >= 0.6 is 0 Å². The van der Waals surface area contributed by atoms with Crippen LogP contribution in [0.2, 0.25) is 0 Å². The van der Waals surface area contributed by atoms with E-state index in [1.165, 1.54) is 0 Å². The van der Waals surface area contributed by atoms with E-state index in [9.17, 15) is 9.59 Å². The quantitative estimate of drug-likeness (QED) is 0.311. The van der Waals surface area contributed by atoms with Crippen LogP contribution in [0.15, 0.2) is 60.8 Å². The first-order valence-corrected chi connectivity index (χ1v) is 10.7. The number of carboxylic acid groups (broad SMARTS) is 1. The number of aromatic nitrogens is 3. The smallest absolute Gasteiger partial charge is 0.304 e. The fourth-order valence-corrected chi connectivity index (χ4v) is 3.59. The average molecular weight is 444 g/mol. The first kappa shape index (κ1) is 22.0. The number of carbonyl (C=O) groups is 2. The first-order valence-electron chi connectivity index (χ1n) is 10.7. The highest BCUT2D eigenvalue weighted by Crippen LogP contribution is 2.22. The van der Waals surface area contributed by atoms with Crippen LogP contribution in [-0.4, -0.2) is 31.9 Å². The molecule has 2 heterocycles. The molecule has 33 heavy (non-hydrogen) atoms. The number of imidazole rings is 1. The van der Waals surface area contributed by atoms with Crippen LogP contribution in [0, 0.1) is 6.92 Å². The van der Waals surface area contributed by atoms with Gasteiger partial charge in [-0.1, -0.05) is 31.2 Å². The zero-order valence-corrected chi connectivity index (χ0v) is 18.4. The maximum atomic E-state index is 12.5. The summed E-state index contributed by atoms with van der Waals surface area (Å²) in [5.74, 6) is -0.586. The number of benzene rings is 2. The van der Waals surface area contributed by atoms with Crippen LogP contribution < -0.4 is 10.6 Å². The van der Waals surface area contributed by atoms with Gasteiger partial charge in [-0.25, -0.2) is 4.98 Å². The van der Waals surface area contributed by atoms with Crippen molar-refractivity contribution in [2.24, 2.45) is 0 Å². The van der Waals surface area contributed by atoms with Crippen molar-refractivity contribution in [2.75, 3.05) is 10.6 Å². The van der Waals surface area contributed by atoms with Gasteiger partial charge in [0.2, 0.25) is 11.9 Å². The number of pyridine rings is 1. The minimum absolute atomic E-state index is 0.0109. The number of nitrogens with one attached hydrogen (secondary N) is 3. The van der Waals surface area contributed by atoms with Gasteiger partial charge in [-0.15, -0.1) is 0 Å². The number of anilines is 3. The molecule has 1 atom stereocenters. The predicted octanol–water partition coefficient (Wildman–Crippen LogP) is 4.77. The molecule has 0 bridgehead atoms. The zero-order chi connectivity index (χ0) is 23.4. The number of amides is 1. The van der Waals surface area contributed by atoms with Crippen LogP contribution in [0.3, 0.4) is 0 Å². The summed E-state index contributed by atoms with van der Waals surface area (Å²) in [4.78, 5) is 35.5. The molecule has 0 aliphatic heterocycles. The van der Waals surface area contributed by atoms with Crippen LogP contribution in [-0.2, 0) is 16.0 Å². The molecule has 4 N–H and O–H groups in total. The molecule has 1 amide bonds. The largest absolute Gasteiger partial charge is 0.481 e. The summed E-state index contributed by atoms with van der Waals surface area (Å²) in [6.45, 7) is 3.84. The number of hydrogen-bond acceptors (Lipinski definition) is 5. The summed E-state index contributed by atoms with van der Waals surface area (Å²) < 4.78 is 0. The van der Waals surface area contributed by atoms with Crippen LogP contribution in [0.4, 0.5) is 17.3 Å². The number of carbonyl (C=O) groups excluding carboxylic acids is 1. The molecule has 0 radical (unpaired) electrons. The Kier molecular flexibility index (Phi) is 6.35. The van der Waals surface area contributed by atoms with Crippen molar-refractivity contribution in [3.63, 3.8) is 0 Å². The Morgan fingerprint density at radius 2 is 1.94 bits per heavy atom. The summed E-state index contributed by atoms with van der Waals surface area (Å²) in [7, 11) is 0. The van der Waals surface area contributed by atoms with Crippen molar-refractivity contribution in [2.45, 2.75) is 32.6 Å². The zero-order valence-electron chi connectivity index (χ0n) is 18.4. The Bertz CT molecular complexity index is 1300. The number of fused-ring (bicyclic) bond motifs is 1. The van der Waals surface area contributed by atoms with Crippen LogP contribution in [0.1, 0.15) is 36.1 Å². The molecule has 1 unspecified atom stereocenters. The molecule has 0 saturated carbocycles. The molecule has 0 spiro atoms. The molecule has 8 heteroatoms. The minimum atomic E-state index is -0.867. The van der Waals surface area contributed by atoms with E-state index in [4.69, 9.17) is 5.11 Å². The first-order chi connectivity index (χ1) is 15.9. The Morgan fingerprint density at radius 1 is 1.12 bits per heavy atom. The summed E-state index contributed by atoms with van der Waals surface area (Å²) in [5.41, 5.74) is 5.85.